The first-order valence-corrected chi connectivity index (χ1v) is 8.86. The first-order chi connectivity index (χ1) is 11.7. The van der Waals surface area contributed by atoms with Crippen LogP contribution in [0.1, 0.15) is 37.7 Å². The predicted molar refractivity (Wildman–Crippen MR) is 95.0 cm³/mol. The molecule has 1 fully saturated rings. The average molecular weight is 334 g/mol. The fraction of sp³-hybridized carbons (Fsp3) is 0.632. The number of hydrogen-bond acceptors (Lipinski definition) is 4. The number of aliphatic hydroxyl groups is 1. The molecule has 0 spiro atoms. The van der Waals surface area contributed by atoms with Crippen molar-refractivity contribution in [1.82, 2.24) is 9.80 Å². The van der Waals surface area contributed by atoms with E-state index in [0.29, 0.717) is 25.6 Å². The van der Waals surface area contributed by atoms with E-state index in [0.717, 1.165) is 24.3 Å². The minimum atomic E-state index is -0.0236. The standard InChI is InChI=1S/C19H30N2O3/c1-20-12-6-5-8-17(20)10-11-19(23)21(13-14-22)15-16-7-3-4-9-18(16)24-2/h3-4,7,9,17,22H,5-6,8,10-15H2,1-2H3/t17-/m0/s1. The number of para-hydroxylation sites is 1. The van der Waals surface area contributed by atoms with E-state index >= 15 is 0 Å². The number of hydrogen-bond donors (Lipinski definition) is 1. The third-order valence-corrected chi connectivity index (χ3v) is 4.89. The molecule has 0 aromatic heterocycles. The summed E-state index contributed by atoms with van der Waals surface area (Å²) in [6.07, 6.45) is 5.11. The summed E-state index contributed by atoms with van der Waals surface area (Å²) in [5.74, 6) is 0.884. The van der Waals surface area contributed by atoms with Gasteiger partial charge in [0.05, 0.1) is 13.7 Å². The summed E-state index contributed by atoms with van der Waals surface area (Å²) in [5, 5.41) is 9.32. The second-order valence-electron chi connectivity index (χ2n) is 6.52. The van der Waals surface area contributed by atoms with Gasteiger partial charge < -0.3 is 19.6 Å². The van der Waals surface area contributed by atoms with Gasteiger partial charge in [-0.15, -0.1) is 0 Å². The van der Waals surface area contributed by atoms with Crippen LogP contribution >= 0.6 is 0 Å². The Labute approximate surface area is 145 Å². The molecule has 0 saturated carbocycles. The van der Waals surface area contributed by atoms with Gasteiger partial charge in [0.15, 0.2) is 0 Å². The Bertz CT molecular complexity index is 521. The number of nitrogens with zero attached hydrogens (tertiary/aromatic N) is 2. The van der Waals surface area contributed by atoms with Gasteiger partial charge in [-0.1, -0.05) is 24.6 Å². The van der Waals surface area contributed by atoms with Crippen LogP contribution in [0, 0.1) is 0 Å². The van der Waals surface area contributed by atoms with Crippen molar-refractivity contribution in [1.29, 1.82) is 0 Å². The van der Waals surface area contributed by atoms with Crippen LogP contribution in [0.4, 0.5) is 0 Å². The van der Waals surface area contributed by atoms with E-state index in [9.17, 15) is 9.90 Å². The first kappa shape index (κ1) is 18.7. The molecule has 1 aromatic carbocycles. The Hall–Kier alpha value is -1.59. The molecule has 1 heterocycles. The molecule has 5 heteroatoms. The monoisotopic (exact) mass is 334 g/mol. The highest BCUT2D eigenvalue weighted by atomic mass is 16.5. The molecule has 1 atom stereocenters. The minimum absolute atomic E-state index is 0.0236. The Balaban J connectivity index is 1.94. The van der Waals surface area contributed by atoms with E-state index in [-0.39, 0.29) is 12.5 Å². The Kier molecular flexibility index (Phi) is 7.53. The number of piperidine rings is 1. The third kappa shape index (κ3) is 5.21. The van der Waals surface area contributed by atoms with Gasteiger partial charge >= 0.3 is 0 Å². The lowest BCUT2D eigenvalue weighted by Gasteiger charge is -2.33. The molecule has 1 N–H and O–H groups in total. The molecule has 5 nitrogen and oxygen atoms in total. The molecule has 24 heavy (non-hydrogen) atoms. The lowest BCUT2D eigenvalue weighted by atomic mass is 9.98. The maximum atomic E-state index is 12.6. The molecule has 1 aliphatic heterocycles. The van der Waals surface area contributed by atoms with Crippen LogP contribution in [0.2, 0.25) is 0 Å². The van der Waals surface area contributed by atoms with E-state index in [1.54, 1.807) is 12.0 Å². The van der Waals surface area contributed by atoms with Crippen LogP contribution < -0.4 is 4.74 Å². The lowest BCUT2D eigenvalue weighted by molar-refractivity contribution is -0.132. The van der Waals surface area contributed by atoms with Gasteiger partial charge in [-0.05, 0) is 38.9 Å². The zero-order chi connectivity index (χ0) is 17.4. The number of amides is 1. The molecule has 1 aliphatic rings. The highest BCUT2D eigenvalue weighted by Crippen LogP contribution is 2.22. The number of aliphatic hydroxyl groups excluding tert-OH is 1. The van der Waals surface area contributed by atoms with Crippen molar-refractivity contribution < 1.29 is 14.6 Å². The average Bonchev–Trinajstić information content (AvgIpc) is 2.61. The lowest BCUT2D eigenvalue weighted by Crippen LogP contribution is -2.38. The number of likely N-dealkylation sites (tertiary alicyclic amines) is 1. The molecule has 134 valence electrons. The van der Waals surface area contributed by atoms with E-state index in [4.69, 9.17) is 4.74 Å². The maximum Gasteiger partial charge on any atom is 0.223 e. The molecule has 2 rings (SSSR count). The molecule has 1 aromatic rings. The van der Waals surface area contributed by atoms with Gasteiger partial charge in [-0.2, -0.15) is 0 Å². The summed E-state index contributed by atoms with van der Waals surface area (Å²) >= 11 is 0. The Morgan fingerprint density at radius 2 is 2.17 bits per heavy atom. The third-order valence-electron chi connectivity index (χ3n) is 4.89. The second kappa shape index (κ2) is 9.64. The number of methoxy groups -OCH3 is 1. The van der Waals surface area contributed by atoms with Gasteiger partial charge in [-0.3, -0.25) is 4.79 Å². The van der Waals surface area contributed by atoms with Gasteiger partial charge in [0.1, 0.15) is 5.75 Å². The zero-order valence-electron chi connectivity index (χ0n) is 14.9. The van der Waals surface area contributed by atoms with Crippen LogP contribution in [-0.2, 0) is 11.3 Å². The molecule has 1 amide bonds. The smallest absolute Gasteiger partial charge is 0.223 e. The van der Waals surface area contributed by atoms with Crippen LogP contribution in [0.15, 0.2) is 24.3 Å². The van der Waals surface area contributed by atoms with E-state index in [2.05, 4.69) is 11.9 Å². The highest BCUT2D eigenvalue weighted by molar-refractivity contribution is 5.76. The minimum Gasteiger partial charge on any atom is -0.496 e. The fourth-order valence-electron chi connectivity index (χ4n) is 3.41. The van der Waals surface area contributed by atoms with Gasteiger partial charge in [0.2, 0.25) is 5.91 Å². The Morgan fingerprint density at radius 1 is 1.38 bits per heavy atom. The molecular formula is C19H30N2O3. The summed E-state index contributed by atoms with van der Waals surface area (Å²) in [7, 11) is 3.78. The van der Waals surface area contributed by atoms with Gasteiger partial charge in [0.25, 0.3) is 0 Å². The van der Waals surface area contributed by atoms with E-state index < -0.39 is 0 Å². The number of ether oxygens (including phenoxy) is 1. The van der Waals surface area contributed by atoms with Gasteiger partial charge in [-0.25, -0.2) is 0 Å². The van der Waals surface area contributed by atoms with Crippen molar-refractivity contribution >= 4 is 5.91 Å². The Morgan fingerprint density at radius 3 is 2.88 bits per heavy atom. The molecular weight excluding hydrogens is 304 g/mol. The summed E-state index contributed by atoms with van der Waals surface area (Å²) < 4.78 is 5.37. The molecule has 0 aliphatic carbocycles. The second-order valence-corrected chi connectivity index (χ2v) is 6.52. The summed E-state index contributed by atoms with van der Waals surface area (Å²) in [4.78, 5) is 16.7. The number of carbonyl (C=O) groups is 1. The summed E-state index contributed by atoms with van der Waals surface area (Å²) in [6, 6.07) is 8.22. The summed E-state index contributed by atoms with van der Waals surface area (Å²) in [5.41, 5.74) is 0.969. The number of rotatable bonds is 8. The SMILES string of the molecule is COc1ccccc1CN(CCO)C(=O)CC[C@@H]1CCCCN1C. The number of carbonyl (C=O) groups excluding carboxylic acids is 1. The van der Waals surface area contributed by atoms with E-state index in [1.165, 1.54) is 19.3 Å². The van der Waals surface area contributed by atoms with Crippen LogP contribution in [0.25, 0.3) is 0 Å². The van der Waals surface area contributed by atoms with Crippen molar-refractivity contribution in [3.63, 3.8) is 0 Å². The normalized spacial score (nSPS) is 18.4. The molecule has 0 bridgehead atoms. The molecule has 1 saturated heterocycles. The first-order valence-electron chi connectivity index (χ1n) is 8.86. The molecule has 0 unspecified atom stereocenters. The zero-order valence-corrected chi connectivity index (χ0v) is 14.9. The van der Waals surface area contributed by atoms with Crippen LogP contribution in [0.3, 0.4) is 0 Å². The van der Waals surface area contributed by atoms with Crippen LogP contribution in [-0.4, -0.2) is 60.7 Å². The van der Waals surface area contributed by atoms with E-state index in [1.807, 2.05) is 24.3 Å². The fourth-order valence-corrected chi connectivity index (χ4v) is 3.41. The topological polar surface area (TPSA) is 53.0 Å². The largest absolute Gasteiger partial charge is 0.496 e. The summed E-state index contributed by atoms with van der Waals surface area (Å²) in [6.45, 7) is 1.94. The van der Waals surface area contributed by atoms with Crippen molar-refractivity contribution in [3.05, 3.63) is 29.8 Å². The molecule has 0 radical (unpaired) electrons. The number of benzene rings is 1. The van der Waals surface area contributed by atoms with Crippen molar-refractivity contribution in [3.8, 4) is 5.75 Å². The van der Waals surface area contributed by atoms with Crippen molar-refractivity contribution in [2.45, 2.75) is 44.7 Å². The van der Waals surface area contributed by atoms with Crippen molar-refractivity contribution in [2.75, 3.05) is 33.9 Å². The van der Waals surface area contributed by atoms with Crippen molar-refractivity contribution in [2.24, 2.45) is 0 Å². The maximum absolute atomic E-state index is 12.6. The predicted octanol–water partition coefficient (Wildman–Crippen LogP) is 2.28. The van der Waals surface area contributed by atoms with Gasteiger partial charge in [0, 0.05) is 31.1 Å². The highest BCUT2D eigenvalue weighted by Gasteiger charge is 2.22. The quantitative estimate of drug-likeness (QED) is 0.792. The van der Waals surface area contributed by atoms with Crippen LogP contribution in [0.5, 0.6) is 5.75 Å².